The highest BCUT2D eigenvalue weighted by Crippen LogP contribution is 2.32. The van der Waals surface area contributed by atoms with Gasteiger partial charge in [0.05, 0.1) is 5.69 Å². The van der Waals surface area contributed by atoms with Gasteiger partial charge < -0.3 is 22.1 Å². The molecule has 0 aromatic heterocycles. The summed E-state index contributed by atoms with van der Waals surface area (Å²) in [7, 11) is 0. The third-order valence-corrected chi connectivity index (χ3v) is 5.70. The van der Waals surface area contributed by atoms with Crippen LogP contribution < -0.4 is 22.1 Å². The fraction of sp³-hybridized carbons (Fsp3) is 0.611. The van der Waals surface area contributed by atoms with Gasteiger partial charge in [-0.3, -0.25) is 4.79 Å². The average Bonchev–Trinajstić information content (AvgIpc) is 2.61. The summed E-state index contributed by atoms with van der Waals surface area (Å²) in [6, 6.07) is 3.64. The Balaban J connectivity index is 2.13. The van der Waals surface area contributed by atoms with Crippen molar-refractivity contribution in [1.29, 1.82) is 0 Å². The topological polar surface area (TPSA) is 93.2 Å². The smallest absolute Gasteiger partial charge is 0.251 e. The van der Waals surface area contributed by atoms with E-state index in [9.17, 15) is 4.79 Å². The van der Waals surface area contributed by atoms with Crippen molar-refractivity contribution in [3.63, 3.8) is 0 Å². The molecule has 134 valence electrons. The highest BCUT2D eigenvalue weighted by atomic mass is 79.9. The molecule has 1 amide bonds. The van der Waals surface area contributed by atoms with Gasteiger partial charge in [-0.25, -0.2) is 0 Å². The number of carbonyl (C=O) groups excluding carboxylic acids is 1. The summed E-state index contributed by atoms with van der Waals surface area (Å²) in [6.07, 6.45) is 7.42. The van der Waals surface area contributed by atoms with E-state index in [1.54, 1.807) is 6.07 Å². The number of anilines is 1. The Hall–Kier alpha value is -1.11. The molecule has 1 aliphatic carbocycles. The molecule has 1 aromatic carbocycles. The molecule has 0 unspecified atom stereocenters. The SMILES string of the molecule is CCC1(NCc2cc(C(=O)NCCN)cc(Br)c2N)CCCCC1. The first kappa shape index (κ1) is 19.2. The van der Waals surface area contributed by atoms with Gasteiger partial charge in [0.25, 0.3) is 5.91 Å². The van der Waals surface area contributed by atoms with E-state index >= 15 is 0 Å². The van der Waals surface area contributed by atoms with Crippen molar-refractivity contribution in [2.45, 2.75) is 57.5 Å². The first-order valence-electron chi connectivity index (χ1n) is 8.82. The summed E-state index contributed by atoms with van der Waals surface area (Å²) in [5.41, 5.74) is 14.1. The Morgan fingerprint density at radius 2 is 2.00 bits per heavy atom. The van der Waals surface area contributed by atoms with Crippen LogP contribution in [0, 0.1) is 0 Å². The standard InChI is InChI=1S/C18H29BrN4O/c1-2-18(6-4-3-5-7-18)23-12-14-10-13(11-15(19)16(14)21)17(24)22-9-8-20/h10-11,23H,2-9,12,20-21H2,1H3,(H,22,24). The first-order valence-corrected chi connectivity index (χ1v) is 9.62. The minimum Gasteiger partial charge on any atom is -0.398 e. The summed E-state index contributed by atoms with van der Waals surface area (Å²) >= 11 is 3.47. The number of hydrogen-bond acceptors (Lipinski definition) is 4. The molecule has 6 heteroatoms. The number of amides is 1. The lowest BCUT2D eigenvalue weighted by atomic mass is 9.79. The van der Waals surface area contributed by atoms with Gasteiger partial charge in [0.15, 0.2) is 0 Å². The van der Waals surface area contributed by atoms with E-state index in [0.29, 0.717) is 30.9 Å². The molecule has 0 spiro atoms. The zero-order chi connectivity index (χ0) is 17.6. The van der Waals surface area contributed by atoms with Crippen LogP contribution in [0.2, 0.25) is 0 Å². The molecule has 0 radical (unpaired) electrons. The van der Waals surface area contributed by atoms with Crippen LogP contribution in [-0.2, 0) is 6.54 Å². The summed E-state index contributed by atoms with van der Waals surface area (Å²) < 4.78 is 0.758. The van der Waals surface area contributed by atoms with Crippen LogP contribution in [0.1, 0.15) is 61.4 Å². The molecule has 1 fully saturated rings. The molecule has 1 saturated carbocycles. The Bertz CT molecular complexity index is 570. The van der Waals surface area contributed by atoms with Gasteiger partial charge in [-0.15, -0.1) is 0 Å². The second kappa shape index (κ2) is 8.83. The summed E-state index contributed by atoms with van der Waals surface area (Å²) in [5, 5.41) is 6.53. The van der Waals surface area contributed by atoms with Crippen molar-refractivity contribution in [3.05, 3.63) is 27.7 Å². The van der Waals surface area contributed by atoms with Crippen molar-refractivity contribution in [3.8, 4) is 0 Å². The maximum Gasteiger partial charge on any atom is 0.251 e. The van der Waals surface area contributed by atoms with Crippen LogP contribution in [-0.4, -0.2) is 24.5 Å². The van der Waals surface area contributed by atoms with Crippen LogP contribution in [0.3, 0.4) is 0 Å². The molecule has 0 saturated heterocycles. The number of rotatable bonds is 7. The van der Waals surface area contributed by atoms with E-state index in [2.05, 4.69) is 33.5 Å². The quantitative estimate of drug-likeness (QED) is 0.533. The number of hydrogen-bond donors (Lipinski definition) is 4. The van der Waals surface area contributed by atoms with Crippen molar-refractivity contribution in [2.24, 2.45) is 5.73 Å². The number of nitrogens with two attached hydrogens (primary N) is 2. The van der Waals surface area contributed by atoms with E-state index in [1.807, 2.05) is 6.07 Å². The van der Waals surface area contributed by atoms with Gasteiger partial charge in [0.1, 0.15) is 0 Å². The molecule has 2 rings (SSSR count). The summed E-state index contributed by atoms with van der Waals surface area (Å²) in [6.45, 7) is 3.81. The molecule has 6 N–H and O–H groups in total. The van der Waals surface area contributed by atoms with Crippen LogP contribution in [0.25, 0.3) is 0 Å². The van der Waals surface area contributed by atoms with Gasteiger partial charge in [0.2, 0.25) is 0 Å². The molecule has 1 aliphatic rings. The fourth-order valence-corrected chi connectivity index (χ4v) is 3.91. The highest BCUT2D eigenvalue weighted by molar-refractivity contribution is 9.10. The number of nitrogens with one attached hydrogen (secondary N) is 2. The number of benzene rings is 1. The Kier molecular flexibility index (Phi) is 7.07. The largest absolute Gasteiger partial charge is 0.398 e. The van der Waals surface area contributed by atoms with E-state index in [4.69, 9.17) is 11.5 Å². The van der Waals surface area contributed by atoms with E-state index in [0.717, 1.165) is 16.5 Å². The number of carbonyl (C=O) groups is 1. The predicted molar refractivity (Wildman–Crippen MR) is 103 cm³/mol. The Morgan fingerprint density at radius 3 is 2.62 bits per heavy atom. The normalized spacial score (nSPS) is 16.8. The highest BCUT2D eigenvalue weighted by Gasteiger charge is 2.29. The third kappa shape index (κ3) is 4.71. The molecule has 0 atom stereocenters. The lowest BCUT2D eigenvalue weighted by Gasteiger charge is -2.38. The Morgan fingerprint density at radius 1 is 1.29 bits per heavy atom. The molecule has 5 nitrogen and oxygen atoms in total. The maximum absolute atomic E-state index is 12.2. The average molecular weight is 397 g/mol. The van der Waals surface area contributed by atoms with Crippen molar-refractivity contribution < 1.29 is 4.79 Å². The molecule has 0 bridgehead atoms. The minimum absolute atomic E-state index is 0.120. The van der Waals surface area contributed by atoms with Crippen LogP contribution in [0.15, 0.2) is 16.6 Å². The van der Waals surface area contributed by atoms with Crippen LogP contribution in [0.4, 0.5) is 5.69 Å². The Labute approximate surface area is 153 Å². The zero-order valence-electron chi connectivity index (χ0n) is 14.5. The van der Waals surface area contributed by atoms with E-state index in [-0.39, 0.29) is 11.4 Å². The van der Waals surface area contributed by atoms with Crippen molar-refractivity contribution in [2.75, 3.05) is 18.8 Å². The molecule has 0 aliphatic heterocycles. The summed E-state index contributed by atoms with van der Waals surface area (Å²) in [5.74, 6) is -0.120. The minimum atomic E-state index is -0.120. The van der Waals surface area contributed by atoms with Gasteiger partial charge in [-0.05, 0) is 52.9 Å². The molecule has 24 heavy (non-hydrogen) atoms. The zero-order valence-corrected chi connectivity index (χ0v) is 16.0. The van der Waals surface area contributed by atoms with Crippen LogP contribution in [0.5, 0.6) is 0 Å². The molecular weight excluding hydrogens is 368 g/mol. The number of halogens is 1. The fourth-order valence-electron chi connectivity index (χ4n) is 3.41. The monoisotopic (exact) mass is 396 g/mol. The van der Waals surface area contributed by atoms with Crippen molar-refractivity contribution >= 4 is 27.5 Å². The first-order chi connectivity index (χ1) is 11.5. The third-order valence-electron chi connectivity index (χ3n) is 5.05. The second-order valence-electron chi connectivity index (χ2n) is 6.62. The number of nitrogen functional groups attached to an aromatic ring is 1. The van der Waals surface area contributed by atoms with E-state index < -0.39 is 0 Å². The maximum atomic E-state index is 12.2. The van der Waals surface area contributed by atoms with Crippen LogP contribution >= 0.6 is 15.9 Å². The van der Waals surface area contributed by atoms with Crippen molar-refractivity contribution in [1.82, 2.24) is 10.6 Å². The van der Waals surface area contributed by atoms with Gasteiger partial charge in [-0.2, -0.15) is 0 Å². The van der Waals surface area contributed by atoms with Gasteiger partial charge in [0, 0.05) is 35.2 Å². The second-order valence-corrected chi connectivity index (χ2v) is 7.48. The molecule has 0 heterocycles. The predicted octanol–water partition coefficient (Wildman–Crippen LogP) is 2.92. The van der Waals surface area contributed by atoms with Gasteiger partial charge >= 0.3 is 0 Å². The summed E-state index contributed by atoms with van der Waals surface area (Å²) in [4.78, 5) is 12.2. The van der Waals surface area contributed by atoms with E-state index in [1.165, 1.54) is 32.1 Å². The van der Waals surface area contributed by atoms with Gasteiger partial charge in [-0.1, -0.05) is 26.2 Å². The molecular formula is C18H29BrN4O. The molecule has 1 aromatic rings. The lowest BCUT2D eigenvalue weighted by molar-refractivity contribution is 0.0954. The lowest BCUT2D eigenvalue weighted by Crippen LogP contribution is -2.45.